The van der Waals surface area contributed by atoms with Crippen LogP contribution in [0.1, 0.15) is 37.2 Å². The van der Waals surface area contributed by atoms with Gasteiger partial charge in [0.05, 0.1) is 13.2 Å². The van der Waals surface area contributed by atoms with Crippen LogP contribution >= 0.6 is 0 Å². The van der Waals surface area contributed by atoms with E-state index in [2.05, 4.69) is 40.5 Å². The third kappa shape index (κ3) is 4.29. The van der Waals surface area contributed by atoms with E-state index >= 15 is 0 Å². The molecule has 1 saturated carbocycles. The van der Waals surface area contributed by atoms with Crippen LogP contribution in [0.15, 0.2) is 30.3 Å². The van der Waals surface area contributed by atoms with Gasteiger partial charge in [0.2, 0.25) is 0 Å². The van der Waals surface area contributed by atoms with Crippen LogP contribution in [0.4, 0.5) is 0 Å². The molecule has 1 saturated heterocycles. The predicted octanol–water partition coefficient (Wildman–Crippen LogP) is 2.63. The van der Waals surface area contributed by atoms with Gasteiger partial charge in [0.25, 0.3) is 0 Å². The highest BCUT2D eigenvalue weighted by molar-refractivity contribution is 5.21. The number of hydrogen-bond acceptors (Lipinski definition) is 3. The number of ether oxygens (including phenoxy) is 1. The van der Waals surface area contributed by atoms with Crippen molar-refractivity contribution in [3.63, 3.8) is 0 Å². The summed E-state index contributed by atoms with van der Waals surface area (Å²) in [5.74, 6) is 0.699. The van der Waals surface area contributed by atoms with Crippen LogP contribution in [-0.4, -0.2) is 50.3 Å². The van der Waals surface area contributed by atoms with Gasteiger partial charge in [-0.05, 0) is 24.3 Å². The Morgan fingerprint density at radius 1 is 1.05 bits per heavy atom. The summed E-state index contributed by atoms with van der Waals surface area (Å²) in [4.78, 5) is 2.51. The Balaban J connectivity index is 1.50. The molecule has 1 aromatic carbocycles. The summed E-state index contributed by atoms with van der Waals surface area (Å²) >= 11 is 0. The zero-order chi connectivity index (χ0) is 14.3. The number of nitrogens with zero attached hydrogens (tertiary/aromatic N) is 1. The molecule has 2 aliphatic rings. The lowest BCUT2D eigenvalue weighted by molar-refractivity contribution is 0.0378. The molecule has 3 rings (SSSR count). The lowest BCUT2D eigenvalue weighted by Gasteiger charge is -2.34. The molecule has 2 fully saturated rings. The van der Waals surface area contributed by atoms with Gasteiger partial charge in [-0.1, -0.05) is 43.2 Å². The van der Waals surface area contributed by atoms with Crippen molar-refractivity contribution >= 4 is 0 Å². The van der Waals surface area contributed by atoms with E-state index in [9.17, 15) is 0 Å². The van der Waals surface area contributed by atoms with Gasteiger partial charge >= 0.3 is 0 Å². The quantitative estimate of drug-likeness (QED) is 0.901. The standard InChI is InChI=1S/C18H28N2O/c1-2-6-16(7-3-1)17-8-4-5-9-18(17)19-10-11-20-12-14-21-15-13-20/h1-3,6-7,17-19H,4-5,8-15H2. The lowest BCUT2D eigenvalue weighted by Crippen LogP contribution is -2.44. The summed E-state index contributed by atoms with van der Waals surface area (Å²) in [6.45, 7) is 6.24. The lowest BCUT2D eigenvalue weighted by atomic mass is 9.80. The Hall–Kier alpha value is -0.900. The van der Waals surface area contributed by atoms with Crippen molar-refractivity contribution in [1.82, 2.24) is 10.2 Å². The molecule has 1 N–H and O–H groups in total. The second-order valence-corrected chi connectivity index (χ2v) is 6.32. The highest BCUT2D eigenvalue weighted by Crippen LogP contribution is 2.32. The van der Waals surface area contributed by atoms with Gasteiger partial charge in [0.1, 0.15) is 0 Å². The van der Waals surface area contributed by atoms with Crippen molar-refractivity contribution in [1.29, 1.82) is 0 Å². The Bertz CT molecular complexity index is 403. The largest absolute Gasteiger partial charge is 0.379 e. The first-order valence-electron chi connectivity index (χ1n) is 8.52. The molecule has 21 heavy (non-hydrogen) atoms. The molecule has 1 aliphatic carbocycles. The molecule has 1 heterocycles. The Kier molecular flexibility index (Phi) is 5.67. The highest BCUT2D eigenvalue weighted by atomic mass is 16.5. The maximum atomic E-state index is 5.41. The van der Waals surface area contributed by atoms with Gasteiger partial charge in [-0.25, -0.2) is 0 Å². The molecule has 3 heteroatoms. The van der Waals surface area contributed by atoms with E-state index in [4.69, 9.17) is 4.74 Å². The average Bonchev–Trinajstić information content (AvgIpc) is 2.57. The van der Waals surface area contributed by atoms with Gasteiger partial charge < -0.3 is 10.1 Å². The summed E-state index contributed by atoms with van der Waals surface area (Å²) in [5, 5.41) is 3.83. The van der Waals surface area contributed by atoms with E-state index in [1.807, 2.05) is 0 Å². The first-order valence-corrected chi connectivity index (χ1v) is 8.52. The number of hydrogen-bond donors (Lipinski definition) is 1. The summed E-state index contributed by atoms with van der Waals surface area (Å²) in [6, 6.07) is 11.7. The van der Waals surface area contributed by atoms with Crippen molar-refractivity contribution < 1.29 is 4.74 Å². The zero-order valence-corrected chi connectivity index (χ0v) is 13.0. The van der Waals surface area contributed by atoms with Gasteiger partial charge in [0, 0.05) is 32.2 Å². The fraction of sp³-hybridized carbons (Fsp3) is 0.667. The first-order chi connectivity index (χ1) is 10.4. The smallest absolute Gasteiger partial charge is 0.0594 e. The normalized spacial score (nSPS) is 27.6. The van der Waals surface area contributed by atoms with Gasteiger partial charge in [-0.2, -0.15) is 0 Å². The molecule has 0 aromatic heterocycles. The Morgan fingerprint density at radius 3 is 2.62 bits per heavy atom. The van der Waals surface area contributed by atoms with Crippen molar-refractivity contribution in [3.8, 4) is 0 Å². The van der Waals surface area contributed by atoms with Crippen LogP contribution in [0.5, 0.6) is 0 Å². The Morgan fingerprint density at radius 2 is 1.81 bits per heavy atom. The number of morpholine rings is 1. The van der Waals surface area contributed by atoms with Gasteiger partial charge in [-0.15, -0.1) is 0 Å². The fourth-order valence-corrected chi connectivity index (χ4v) is 3.71. The third-order valence-corrected chi connectivity index (χ3v) is 4.93. The van der Waals surface area contributed by atoms with E-state index in [0.717, 1.165) is 39.4 Å². The summed E-state index contributed by atoms with van der Waals surface area (Å²) in [7, 11) is 0. The first kappa shape index (κ1) is 15.0. The van der Waals surface area contributed by atoms with E-state index in [1.54, 1.807) is 0 Å². The molecule has 116 valence electrons. The summed E-state index contributed by atoms with van der Waals surface area (Å²) in [6.07, 6.45) is 5.40. The van der Waals surface area contributed by atoms with E-state index in [0.29, 0.717) is 12.0 Å². The molecule has 1 aliphatic heterocycles. The second kappa shape index (κ2) is 7.92. The molecule has 0 bridgehead atoms. The predicted molar refractivity (Wildman–Crippen MR) is 86.7 cm³/mol. The topological polar surface area (TPSA) is 24.5 Å². The molecular formula is C18H28N2O. The van der Waals surface area contributed by atoms with Crippen molar-refractivity contribution in [3.05, 3.63) is 35.9 Å². The molecule has 2 unspecified atom stereocenters. The van der Waals surface area contributed by atoms with Crippen LogP contribution in [-0.2, 0) is 4.74 Å². The molecule has 2 atom stereocenters. The summed E-state index contributed by atoms with van der Waals surface area (Å²) in [5.41, 5.74) is 1.51. The van der Waals surface area contributed by atoms with Gasteiger partial charge in [-0.3, -0.25) is 4.90 Å². The second-order valence-electron chi connectivity index (χ2n) is 6.32. The molecule has 1 aromatic rings. The Labute approximate surface area is 128 Å². The van der Waals surface area contributed by atoms with E-state index in [-0.39, 0.29) is 0 Å². The van der Waals surface area contributed by atoms with Crippen molar-refractivity contribution in [2.75, 3.05) is 39.4 Å². The molecule has 3 nitrogen and oxygen atoms in total. The number of nitrogens with one attached hydrogen (secondary N) is 1. The number of benzene rings is 1. The minimum absolute atomic E-state index is 0.655. The van der Waals surface area contributed by atoms with E-state index in [1.165, 1.54) is 31.2 Å². The van der Waals surface area contributed by atoms with Crippen LogP contribution in [0.25, 0.3) is 0 Å². The molecular weight excluding hydrogens is 260 g/mol. The zero-order valence-electron chi connectivity index (χ0n) is 13.0. The van der Waals surface area contributed by atoms with Gasteiger partial charge in [0.15, 0.2) is 0 Å². The maximum Gasteiger partial charge on any atom is 0.0594 e. The molecule has 0 spiro atoms. The van der Waals surface area contributed by atoms with Crippen molar-refractivity contribution in [2.45, 2.75) is 37.6 Å². The summed E-state index contributed by atoms with van der Waals surface area (Å²) < 4.78 is 5.41. The highest BCUT2D eigenvalue weighted by Gasteiger charge is 2.25. The SMILES string of the molecule is c1ccc(C2CCCCC2NCCN2CCOCC2)cc1. The molecule has 0 radical (unpaired) electrons. The fourth-order valence-electron chi connectivity index (χ4n) is 3.71. The van der Waals surface area contributed by atoms with Crippen LogP contribution in [0.3, 0.4) is 0 Å². The maximum absolute atomic E-state index is 5.41. The monoisotopic (exact) mass is 288 g/mol. The van der Waals surface area contributed by atoms with E-state index < -0.39 is 0 Å². The molecule has 0 amide bonds. The van der Waals surface area contributed by atoms with Crippen LogP contribution in [0.2, 0.25) is 0 Å². The third-order valence-electron chi connectivity index (χ3n) is 4.93. The minimum Gasteiger partial charge on any atom is -0.379 e. The van der Waals surface area contributed by atoms with Crippen LogP contribution in [0, 0.1) is 0 Å². The number of rotatable bonds is 5. The van der Waals surface area contributed by atoms with Crippen molar-refractivity contribution in [2.24, 2.45) is 0 Å². The minimum atomic E-state index is 0.655. The van der Waals surface area contributed by atoms with Crippen LogP contribution < -0.4 is 5.32 Å². The average molecular weight is 288 g/mol.